The maximum absolute atomic E-state index is 13.0. The van der Waals surface area contributed by atoms with Gasteiger partial charge in [0.1, 0.15) is 24.5 Å². The summed E-state index contributed by atoms with van der Waals surface area (Å²) in [5.41, 5.74) is 6.09. The molecule has 0 fully saturated rings. The fourth-order valence-electron chi connectivity index (χ4n) is 1.57. The van der Waals surface area contributed by atoms with Crippen molar-refractivity contribution in [2.24, 2.45) is 0 Å². The number of nitrogen functional groups attached to an aromatic ring is 1. The fourth-order valence-corrected chi connectivity index (χ4v) is 1.57. The first-order valence-electron chi connectivity index (χ1n) is 5.75. The molecule has 0 radical (unpaired) electrons. The van der Waals surface area contributed by atoms with Crippen LogP contribution in [0.25, 0.3) is 0 Å². The molecule has 0 spiro atoms. The minimum Gasteiger partial charge on any atom is -0.483 e. The van der Waals surface area contributed by atoms with Crippen LogP contribution in [0, 0.1) is 5.82 Å². The first kappa shape index (κ1) is 12.3. The van der Waals surface area contributed by atoms with E-state index in [1.165, 1.54) is 24.5 Å². The van der Waals surface area contributed by atoms with Crippen molar-refractivity contribution < 1.29 is 9.13 Å². The number of anilines is 1. The molecule has 2 aromatic rings. The lowest BCUT2D eigenvalue weighted by molar-refractivity contribution is 0.286. The third kappa shape index (κ3) is 2.77. The van der Waals surface area contributed by atoms with Crippen molar-refractivity contribution in [2.75, 3.05) is 5.73 Å². The topological polar surface area (TPSA) is 66.0 Å². The zero-order valence-electron chi connectivity index (χ0n) is 10.1. The normalized spacial score (nSPS) is 10.6. The summed E-state index contributed by atoms with van der Waals surface area (Å²) in [7, 11) is 0. The Morgan fingerprint density at radius 1 is 1.44 bits per heavy atom. The molecule has 0 bridgehead atoms. The number of halogens is 1. The van der Waals surface area contributed by atoms with Gasteiger partial charge in [0.15, 0.2) is 5.82 Å². The lowest BCUT2D eigenvalue weighted by Gasteiger charge is -2.09. The van der Waals surface area contributed by atoms with E-state index < -0.39 is 0 Å². The lowest BCUT2D eigenvalue weighted by atomic mass is 10.3. The molecule has 0 aliphatic rings. The molecule has 1 aromatic carbocycles. The molecule has 0 saturated carbocycles. The van der Waals surface area contributed by atoms with Crippen LogP contribution in [0.1, 0.15) is 19.2 Å². The predicted molar refractivity (Wildman–Crippen MR) is 65.5 cm³/mol. The number of benzene rings is 1. The van der Waals surface area contributed by atoms with Crippen LogP contribution >= 0.6 is 0 Å². The smallest absolute Gasteiger partial charge is 0.164 e. The Balaban J connectivity index is 2.06. The Bertz CT molecular complexity index is 527. The van der Waals surface area contributed by atoms with E-state index in [2.05, 4.69) is 17.0 Å². The van der Waals surface area contributed by atoms with Crippen LogP contribution in [0.15, 0.2) is 24.5 Å². The van der Waals surface area contributed by atoms with Crippen LogP contribution in [0.3, 0.4) is 0 Å². The summed E-state index contributed by atoms with van der Waals surface area (Å²) in [5, 5.41) is 4.08. The van der Waals surface area contributed by atoms with Crippen molar-refractivity contribution in [2.45, 2.75) is 26.5 Å². The van der Waals surface area contributed by atoms with Gasteiger partial charge in [-0.3, -0.25) is 0 Å². The average molecular weight is 250 g/mol. The Morgan fingerprint density at radius 2 is 2.28 bits per heavy atom. The highest BCUT2D eigenvalue weighted by atomic mass is 19.1. The molecular weight excluding hydrogens is 235 g/mol. The summed E-state index contributed by atoms with van der Waals surface area (Å²) in [6.07, 6.45) is 2.43. The Morgan fingerprint density at radius 3 is 3.06 bits per heavy atom. The van der Waals surface area contributed by atoms with Gasteiger partial charge in [-0.1, -0.05) is 6.92 Å². The third-order valence-electron chi connectivity index (χ3n) is 2.46. The molecule has 0 amide bonds. The molecule has 6 heteroatoms. The molecular formula is C12H15FN4O. The van der Waals surface area contributed by atoms with Crippen molar-refractivity contribution in [1.82, 2.24) is 14.8 Å². The van der Waals surface area contributed by atoms with Gasteiger partial charge in [-0.05, 0) is 18.6 Å². The molecule has 0 saturated heterocycles. The van der Waals surface area contributed by atoms with E-state index >= 15 is 0 Å². The summed E-state index contributed by atoms with van der Waals surface area (Å²) in [5.74, 6) is 0.635. The van der Waals surface area contributed by atoms with Gasteiger partial charge in [0.25, 0.3) is 0 Å². The second kappa shape index (κ2) is 5.48. The monoisotopic (exact) mass is 250 g/mol. The highest BCUT2D eigenvalue weighted by Crippen LogP contribution is 2.22. The average Bonchev–Trinajstić information content (AvgIpc) is 2.78. The van der Waals surface area contributed by atoms with E-state index in [9.17, 15) is 4.39 Å². The third-order valence-corrected chi connectivity index (χ3v) is 2.46. The van der Waals surface area contributed by atoms with Crippen LogP contribution < -0.4 is 10.5 Å². The standard InChI is InChI=1S/C12H15FN4O/c1-2-5-17-12(15-8-16-17)7-18-11-6-9(13)3-4-10(11)14/h3-4,6,8H,2,5,7,14H2,1H3. The van der Waals surface area contributed by atoms with Gasteiger partial charge in [-0.15, -0.1) is 0 Å². The SMILES string of the molecule is CCCn1ncnc1COc1cc(F)ccc1N. The lowest BCUT2D eigenvalue weighted by Crippen LogP contribution is -2.09. The largest absolute Gasteiger partial charge is 0.483 e. The molecule has 2 N–H and O–H groups in total. The fraction of sp³-hybridized carbons (Fsp3) is 0.333. The molecule has 0 aliphatic carbocycles. The molecule has 0 aliphatic heterocycles. The summed E-state index contributed by atoms with van der Waals surface area (Å²) >= 11 is 0. The first-order valence-corrected chi connectivity index (χ1v) is 5.75. The summed E-state index contributed by atoms with van der Waals surface area (Å²) in [6, 6.07) is 4.03. The molecule has 1 aromatic heterocycles. The predicted octanol–water partition coefficient (Wildman–Crippen LogP) is 1.99. The summed E-state index contributed by atoms with van der Waals surface area (Å²) in [4.78, 5) is 4.09. The van der Waals surface area contributed by atoms with E-state index in [-0.39, 0.29) is 12.4 Å². The van der Waals surface area contributed by atoms with Gasteiger partial charge >= 0.3 is 0 Å². The van der Waals surface area contributed by atoms with Gasteiger partial charge in [0, 0.05) is 12.6 Å². The number of aromatic nitrogens is 3. The quantitative estimate of drug-likeness (QED) is 0.824. The van der Waals surface area contributed by atoms with Gasteiger partial charge < -0.3 is 10.5 Å². The number of ether oxygens (including phenoxy) is 1. The maximum atomic E-state index is 13.0. The Labute approximate surface area is 104 Å². The van der Waals surface area contributed by atoms with Crippen molar-refractivity contribution in [3.8, 4) is 5.75 Å². The van der Waals surface area contributed by atoms with Crippen molar-refractivity contribution in [1.29, 1.82) is 0 Å². The number of nitrogens with two attached hydrogens (primary N) is 1. The summed E-state index contributed by atoms with van der Waals surface area (Å²) in [6.45, 7) is 3.04. The maximum Gasteiger partial charge on any atom is 0.164 e. The number of aryl methyl sites for hydroxylation is 1. The highest BCUT2D eigenvalue weighted by molar-refractivity contribution is 5.52. The van der Waals surface area contributed by atoms with E-state index in [0.717, 1.165) is 13.0 Å². The Hall–Kier alpha value is -2.11. The van der Waals surface area contributed by atoms with Crippen LogP contribution in [0.2, 0.25) is 0 Å². The molecule has 96 valence electrons. The van der Waals surface area contributed by atoms with E-state index in [4.69, 9.17) is 10.5 Å². The van der Waals surface area contributed by atoms with Crippen molar-refractivity contribution in [3.05, 3.63) is 36.2 Å². The van der Waals surface area contributed by atoms with Gasteiger partial charge in [0.2, 0.25) is 0 Å². The van der Waals surface area contributed by atoms with Gasteiger partial charge in [0.05, 0.1) is 5.69 Å². The molecule has 18 heavy (non-hydrogen) atoms. The molecule has 0 atom stereocenters. The minimum atomic E-state index is -0.380. The molecule has 5 nitrogen and oxygen atoms in total. The highest BCUT2D eigenvalue weighted by Gasteiger charge is 2.07. The molecule has 1 heterocycles. The van der Waals surface area contributed by atoms with Crippen LogP contribution in [-0.2, 0) is 13.2 Å². The van der Waals surface area contributed by atoms with E-state index in [0.29, 0.717) is 17.3 Å². The van der Waals surface area contributed by atoms with Gasteiger partial charge in [-0.25, -0.2) is 14.1 Å². The zero-order chi connectivity index (χ0) is 13.0. The summed E-state index contributed by atoms with van der Waals surface area (Å²) < 4.78 is 20.3. The van der Waals surface area contributed by atoms with Crippen LogP contribution in [-0.4, -0.2) is 14.8 Å². The number of nitrogens with zero attached hydrogens (tertiary/aromatic N) is 3. The van der Waals surface area contributed by atoms with Gasteiger partial charge in [-0.2, -0.15) is 5.10 Å². The van der Waals surface area contributed by atoms with Crippen molar-refractivity contribution in [3.63, 3.8) is 0 Å². The zero-order valence-corrected chi connectivity index (χ0v) is 10.1. The number of hydrogen-bond donors (Lipinski definition) is 1. The van der Waals surface area contributed by atoms with Crippen LogP contribution in [0.4, 0.5) is 10.1 Å². The van der Waals surface area contributed by atoms with Crippen LogP contribution in [0.5, 0.6) is 5.75 Å². The number of hydrogen-bond acceptors (Lipinski definition) is 4. The van der Waals surface area contributed by atoms with E-state index in [1.807, 2.05) is 0 Å². The van der Waals surface area contributed by atoms with E-state index in [1.54, 1.807) is 4.68 Å². The second-order valence-corrected chi connectivity index (χ2v) is 3.87. The molecule has 0 unspecified atom stereocenters. The minimum absolute atomic E-state index is 0.216. The number of rotatable bonds is 5. The first-order chi connectivity index (χ1) is 8.70. The van der Waals surface area contributed by atoms with Crippen molar-refractivity contribution >= 4 is 5.69 Å². The Kier molecular flexibility index (Phi) is 3.76. The second-order valence-electron chi connectivity index (χ2n) is 3.87. The molecule has 2 rings (SSSR count).